The molecule has 0 spiro atoms. The maximum Gasteiger partial charge on any atom is 0.271 e. The van der Waals surface area contributed by atoms with Crippen LogP contribution in [0.1, 0.15) is 43.5 Å². The van der Waals surface area contributed by atoms with Crippen LogP contribution in [0.15, 0.2) is 93.9 Å². The van der Waals surface area contributed by atoms with E-state index in [1.165, 1.54) is 11.3 Å². The molecule has 0 N–H and O–H groups in total. The summed E-state index contributed by atoms with van der Waals surface area (Å²) in [6.45, 7) is 7.15. The first-order valence-corrected chi connectivity index (χ1v) is 15.0. The van der Waals surface area contributed by atoms with Crippen molar-refractivity contribution in [2.24, 2.45) is 4.99 Å². The van der Waals surface area contributed by atoms with Gasteiger partial charge in [-0.2, -0.15) is 0 Å². The number of amides is 1. The molecule has 4 aromatic rings. The van der Waals surface area contributed by atoms with Crippen molar-refractivity contribution < 1.29 is 14.3 Å². The molecule has 0 fully saturated rings. The van der Waals surface area contributed by atoms with Gasteiger partial charge in [0.2, 0.25) is 0 Å². The van der Waals surface area contributed by atoms with E-state index < -0.39 is 6.04 Å². The smallest absolute Gasteiger partial charge is 0.271 e. The first-order valence-electron chi connectivity index (χ1n) is 13.8. The molecular formula is C33H32ClN3O4S. The third-order valence-electron chi connectivity index (χ3n) is 7.25. The molecule has 2 heterocycles. The van der Waals surface area contributed by atoms with Crippen LogP contribution in [-0.4, -0.2) is 35.6 Å². The summed E-state index contributed by atoms with van der Waals surface area (Å²) in [4.78, 5) is 35.0. The van der Waals surface area contributed by atoms with Crippen molar-refractivity contribution in [1.29, 1.82) is 0 Å². The number of fused-ring (bicyclic) bond motifs is 1. The van der Waals surface area contributed by atoms with E-state index in [2.05, 4.69) is 0 Å². The van der Waals surface area contributed by atoms with Crippen molar-refractivity contribution in [3.63, 3.8) is 0 Å². The number of thiazole rings is 1. The lowest BCUT2D eigenvalue weighted by Crippen LogP contribution is -2.43. The van der Waals surface area contributed by atoms with Crippen LogP contribution in [0.25, 0.3) is 6.08 Å². The summed E-state index contributed by atoms with van der Waals surface area (Å²) in [7, 11) is 1.59. The number of ether oxygens (including phenoxy) is 2. The molecule has 0 aliphatic carbocycles. The Hall–Kier alpha value is -4.14. The fourth-order valence-electron chi connectivity index (χ4n) is 5.08. The van der Waals surface area contributed by atoms with E-state index in [9.17, 15) is 9.59 Å². The van der Waals surface area contributed by atoms with Crippen molar-refractivity contribution in [2.45, 2.75) is 33.4 Å². The normalized spacial score (nSPS) is 14.8. The lowest BCUT2D eigenvalue weighted by Gasteiger charge is -2.29. The van der Waals surface area contributed by atoms with Crippen molar-refractivity contribution in [3.05, 3.63) is 125 Å². The van der Waals surface area contributed by atoms with E-state index in [-0.39, 0.29) is 11.5 Å². The SMILES string of the molecule is CCN(CC)C(=O)C1=C(C)N=c2s/c(=C/c3ccccc3OCc3ccc(Cl)cc3)c(=O)n2[C@@H]1c1ccccc1OC. The Morgan fingerprint density at radius 2 is 1.69 bits per heavy atom. The number of rotatable bonds is 9. The summed E-state index contributed by atoms with van der Waals surface area (Å²) in [5.41, 5.74) is 3.28. The summed E-state index contributed by atoms with van der Waals surface area (Å²) < 4.78 is 13.9. The van der Waals surface area contributed by atoms with Crippen molar-refractivity contribution in [1.82, 2.24) is 9.47 Å². The van der Waals surface area contributed by atoms with Crippen LogP contribution in [0, 0.1) is 0 Å². The molecule has 0 saturated carbocycles. The number of halogens is 1. The Balaban J connectivity index is 1.63. The standard InChI is InChI=1S/C33H32ClN3O4S/c1-5-36(6-2)32(39)29-21(3)35-33-37(30(29)25-12-8-10-14-27(25)40-4)31(38)28(42-33)19-23-11-7-9-13-26(23)41-20-22-15-17-24(34)18-16-22/h7-19,30H,5-6,20H2,1-4H3/b28-19+/t30-/m1/s1. The predicted octanol–water partition coefficient (Wildman–Crippen LogP) is 5.34. The number of carbonyl (C=O) groups excluding carboxylic acids is 1. The minimum atomic E-state index is -0.691. The van der Waals surface area contributed by atoms with Gasteiger partial charge >= 0.3 is 0 Å². The van der Waals surface area contributed by atoms with Gasteiger partial charge in [-0.3, -0.25) is 14.2 Å². The summed E-state index contributed by atoms with van der Waals surface area (Å²) in [5.74, 6) is 1.10. The van der Waals surface area contributed by atoms with Gasteiger partial charge in [-0.15, -0.1) is 0 Å². The molecule has 5 rings (SSSR count). The fraction of sp³-hybridized carbons (Fsp3) is 0.242. The first kappa shape index (κ1) is 29.4. The number of para-hydroxylation sites is 2. The highest BCUT2D eigenvalue weighted by Crippen LogP contribution is 2.36. The molecule has 0 saturated heterocycles. The molecule has 1 atom stereocenters. The van der Waals surface area contributed by atoms with E-state index >= 15 is 0 Å². The maximum absolute atomic E-state index is 14.1. The predicted molar refractivity (Wildman–Crippen MR) is 167 cm³/mol. The van der Waals surface area contributed by atoms with Gasteiger partial charge in [-0.1, -0.05) is 71.5 Å². The second-order valence-corrected chi connectivity index (χ2v) is 11.2. The van der Waals surface area contributed by atoms with E-state index in [0.717, 1.165) is 16.7 Å². The maximum atomic E-state index is 14.1. The van der Waals surface area contributed by atoms with E-state index in [1.54, 1.807) is 16.6 Å². The molecule has 216 valence electrons. The van der Waals surface area contributed by atoms with Gasteiger partial charge in [0.15, 0.2) is 4.80 Å². The second kappa shape index (κ2) is 12.8. The van der Waals surface area contributed by atoms with Crippen LogP contribution in [0.2, 0.25) is 5.02 Å². The van der Waals surface area contributed by atoms with Gasteiger partial charge < -0.3 is 14.4 Å². The van der Waals surface area contributed by atoms with Crippen LogP contribution in [0.3, 0.4) is 0 Å². The Morgan fingerprint density at radius 1 is 1.02 bits per heavy atom. The molecule has 3 aromatic carbocycles. The average Bonchev–Trinajstić information content (AvgIpc) is 3.31. The number of methoxy groups -OCH3 is 1. The van der Waals surface area contributed by atoms with Gasteiger partial charge in [0.25, 0.3) is 11.5 Å². The van der Waals surface area contributed by atoms with Crippen LogP contribution in [0.4, 0.5) is 0 Å². The van der Waals surface area contributed by atoms with Crippen molar-refractivity contribution in [3.8, 4) is 11.5 Å². The topological polar surface area (TPSA) is 73.1 Å². The molecular weight excluding hydrogens is 570 g/mol. The van der Waals surface area contributed by atoms with Crippen LogP contribution in [0.5, 0.6) is 11.5 Å². The van der Waals surface area contributed by atoms with E-state index in [0.29, 0.717) is 56.8 Å². The minimum absolute atomic E-state index is 0.146. The Morgan fingerprint density at radius 3 is 2.38 bits per heavy atom. The highest BCUT2D eigenvalue weighted by Gasteiger charge is 2.35. The number of likely N-dealkylation sites (N-methyl/N-ethyl adjacent to an activating group) is 1. The number of carbonyl (C=O) groups is 1. The highest BCUT2D eigenvalue weighted by molar-refractivity contribution is 7.07. The molecule has 7 nitrogen and oxygen atoms in total. The fourth-order valence-corrected chi connectivity index (χ4v) is 6.24. The van der Waals surface area contributed by atoms with Gasteiger partial charge in [-0.05, 0) is 56.7 Å². The number of aromatic nitrogens is 1. The molecule has 9 heteroatoms. The zero-order valence-electron chi connectivity index (χ0n) is 24.0. The number of hydrogen-bond donors (Lipinski definition) is 0. The van der Waals surface area contributed by atoms with Crippen molar-refractivity contribution >= 4 is 34.9 Å². The average molecular weight is 602 g/mol. The zero-order chi connectivity index (χ0) is 29.8. The molecule has 0 radical (unpaired) electrons. The first-order chi connectivity index (χ1) is 20.4. The molecule has 0 unspecified atom stereocenters. The number of benzene rings is 3. The van der Waals surface area contributed by atoms with Gasteiger partial charge in [0, 0.05) is 29.2 Å². The van der Waals surface area contributed by atoms with E-state index in [1.807, 2.05) is 99.6 Å². The molecule has 1 aromatic heterocycles. The zero-order valence-corrected chi connectivity index (χ0v) is 25.5. The Labute approximate surface area is 253 Å². The molecule has 0 bridgehead atoms. The van der Waals surface area contributed by atoms with Crippen molar-refractivity contribution in [2.75, 3.05) is 20.2 Å². The molecule has 42 heavy (non-hydrogen) atoms. The summed E-state index contributed by atoms with van der Waals surface area (Å²) in [5, 5.41) is 0.665. The number of allylic oxidation sites excluding steroid dienone is 1. The second-order valence-electron chi connectivity index (χ2n) is 9.75. The quantitative estimate of drug-likeness (QED) is 0.259. The Bertz CT molecular complexity index is 1820. The summed E-state index contributed by atoms with van der Waals surface area (Å²) >= 11 is 7.31. The van der Waals surface area contributed by atoms with Crippen LogP contribution >= 0.6 is 22.9 Å². The van der Waals surface area contributed by atoms with Crippen LogP contribution in [-0.2, 0) is 11.4 Å². The van der Waals surface area contributed by atoms with Gasteiger partial charge in [0.1, 0.15) is 24.1 Å². The van der Waals surface area contributed by atoms with Gasteiger partial charge in [0.05, 0.1) is 22.9 Å². The summed E-state index contributed by atoms with van der Waals surface area (Å²) in [6, 6.07) is 21.9. The minimum Gasteiger partial charge on any atom is -0.496 e. The lowest BCUT2D eigenvalue weighted by molar-refractivity contribution is -0.127. The third kappa shape index (κ3) is 5.78. The lowest BCUT2D eigenvalue weighted by atomic mass is 9.94. The van der Waals surface area contributed by atoms with Crippen LogP contribution < -0.4 is 24.4 Å². The van der Waals surface area contributed by atoms with Gasteiger partial charge in [-0.25, -0.2) is 4.99 Å². The molecule has 1 aliphatic rings. The molecule has 1 aliphatic heterocycles. The number of nitrogens with zero attached hydrogens (tertiary/aromatic N) is 3. The third-order valence-corrected chi connectivity index (χ3v) is 8.48. The monoisotopic (exact) mass is 601 g/mol. The summed E-state index contributed by atoms with van der Waals surface area (Å²) in [6.07, 6.45) is 1.82. The molecule has 1 amide bonds. The largest absolute Gasteiger partial charge is 0.496 e. The highest BCUT2D eigenvalue weighted by atomic mass is 35.5. The Kier molecular flexibility index (Phi) is 8.94. The van der Waals surface area contributed by atoms with E-state index in [4.69, 9.17) is 26.1 Å². The number of hydrogen-bond acceptors (Lipinski definition) is 6.